The van der Waals surface area contributed by atoms with Crippen LogP contribution in [0.15, 0.2) is 48.5 Å². The van der Waals surface area contributed by atoms with Crippen molar-refractivity contribution in [1.82, 2.24) is 9.80 Å². The number of amides is 2. The van der Waals surface area contributed by atoms with Crippen LogP contribution in [0, 0.1) is 0 Å². The van der Waals surface area contributed by atoms with Gasteiger partial charge in [-0.25, -0.2) is 0 Å². The fourth-order valence-electron chi connectivity index (χ4n) is 3.42. The van der Waals surface area contributed by atoms with Gasteiger partial charge in [0, 0.05) is 31.9 Å². The highest BCUT2D eigenvalue weighted by molar-refractivity contribution is 5.94. The molecule has 1 aliphatic rings. The molecule has 0 atom stereocenters. The van der Waals surface area contributed by atoms with E-state index in [2.05, 4.69) is 10.6 Å². The molecule has 1 heterocycles. The minimum absolute atomic E-state index is 0.0670. The van der Waals surface area contributed by atoms with Crippen molar-refractivity contribution in [2.45, 2.75) is 6.18 Å². The van der Waals surface area contributed by atoms with Gasteiger partial charge in [0.25, 0.3) is 0 Å². The normalized spacial score (nSPS) is 15.2. The third-order valence-corrected chi connectivity index (χ3v) is 5.05. The van der Waals surface area contributed by atoms with E-state index in [1.807, 2.05) is 15.9 Å². The quantitative estimate of drug-likeness (QED) is 0.679. The van der Waals surface area contributed by atoms with Crippen LogP contribution in [-0.2, 0) is 15.8 Å². The lowest BCUT2D eigenvalue weighted by molar-refractivity contribution is -0.137. The highest BCUT2D eigenvalue weighted by Gasteiger charge is 2.30. The number of halogens is 3. The van der Waals surface area contributed by atoms with Gasteiger partial charge in [-0.1, -0.05) is 18.2 Å². The number of nitrogens with one attached hydrogen (secondary N) is 2. The van der Waals surface area contributed by atoms with E-state index in [1.54, 1.807) is 18.2 Å². The van der Waals surface area contributed by atoms with E-state index < -0.39 is 11.7 Å². The molecule has 0 aromatic heterocycles. The van der Waals surface area contributed by atoms with Gasteiger partial charge in [-0.2, -0.15) is 13.2 Å². The maximum absolute atomic E-state index is 12.8. The summed E-state index contributed by atoms with van der Waals surface area (Å²) in [6.45, 7) is 2.60. The molecule has 3 rings (SSSR count). The topological polar surface area (TPSA) is 73.9 Å². The maximum atomic E-state index is 12.8. The molecule has 32 heavy (non-hydrogen) atoms. The zero-order chi connectivity index (χ0) is 23.1. The molecule has 0 aliphatic carbocycles. The Labute approximate surface area is 184 Å². The van der Waals surface area contributed by atoms with Crippen LogP contribution < -0.4 is 15.4 Å². The van der Waals surface area contributed by atoms with Gasteiger partial charge in [0.1, 0.15) is 5.75 Å². The van der Waals surface area contributed by atoms with E-state index >= 15 is 0 Å². The lowest BCUT2D eigenvalue weighted by Crippen LogP contribution is -2.50. The first-order chi connectivity index (χ1) is 15.2. The van der Waals surface area contributed by atoms with Crippen LogP contribution >= 0.6 is 0 Å². The summed E-state index contributed by atoms with van der Waals surface area (Å²) >= 11 is 0. The number of ether oxygens (including phenoxy) is 1. The zero-order valence-corrected chi connectivity index (χ0v) is 17.6. The van der Waals surface area contributed by atoms with Gasteiger partial charge in [-0.3, -0.25) is 19.4 Å². The second-order valence-electron chi connectivity index (χ2n) is 7.43. The summed E-state index contributed by atoms with van der Waals surface area (Å²) in [6, 6.07) is 11.7. The number of anilines is 2. The molecule has 0 unspecified atom stereocenters. The summed E-state index contributed by atoms with van der Waals surface area (Å²) in [5.74, 6) is 0.0365. The second-order valence-corrected chi connectivity index (χ2v) is 7.43. The van der Waals surface area contributed by atoms with Crippen LogP contribution in [0.5, 0.6) is 5.75 Å². The highest BCUT2D eigenvalue weighted by Crippen LogP contribution is 2.30. The third kappa shape index (κ3) is 6.69. The number of alkyl halides is 3. The Balaban J connectivity index is 1.43. The number of carbonyl (C=O) groups excluding carboxylic acids is 2. The van der Waals surface area contributed by atoms with E-state index in [4.69, 9.17) is 4.74 Å². The summed E-state index contributed by atoms with van der Waals surface area (Å²) in [6.07, 6.45) is -4.46. The first-order valence-electron chi connectivity index (χ1n) is 10.1. The molecular formula is C22H25F3N4O3. The van der Waals surface area contributed by atoms with Gasteiger partial charge in [-0.15, -0.1) is 0 Å². The summed E-state index contributed by atoms with van der Waals surface area (Å²) in [7, 11) is 1.54. The molecule has 1 aliphatic heterocycles. The van der Waals surface area contributed by atoms with E-state index in [0.29, 0.717) is 37.6 Å². The monoisotopic (exact) mass is 450 g/mol. The van der Waals surface area contributed by atoms with Gasteiger partial charge in [0.05, 0.1) is 31.5 Å². The van der Waals surface area contributed by atoms with Gasteiger partial charge in [0.15, 0.2) is 0 Å². The minimum Gasteiger partial charge on any atom is -0.495 e. The number of carbonyl (C=O) groups is 2. The minimum atomic E-state index is -4.46. The van der Waals surface area contributed by atoms with Crippen molar-refractivity contribution in [3.63, 3.8) is 0 Å². The van der Waals surface area contributed by atoms with Crippen molar-refractivity contribution in [1.29, 1.82) is 0 Å². The number of rotatable bonds is 7. The SMILES string of the molecule is COc1ccccc1NC(=O)CN1CCN(CC(=O)Nc2cccc(C(F)(F)F)c2)CC1. The highest BCUT2D eigenvalue weighted by atomic mass is 19.4. The molecule has 1 saturated heterocycles. The number of methoxy groups -OCH3 is 1. The van der Waals surface area contributed by atoms with Gasteiger partial charge >= 0.3 is 6.18 Å². The van der Waals surface area contributed by atoms with Crippen molar-refractivity contribution in [2.24, 2.45) is 0 Å². The van der Waals surface area contributed by atoms with E-state index in [0.717, 1.165) is 12.1 Å². The molecule has 2 amide bonds. The maximum Gasteiger partial charge on any atom is 0.416 e. The predicted molar refractivity (Wildman–Crippen MR) is 115 cm³/mol. The Morgan fingerprint density at radius 1 is 0.906 bits per heavy atom. The summed E-state index contributed by atoms with van der Waals surface area (Å²) < 4.78 is 43.6. The van der Waals surface area contributed by atoms with Crippen LogP contribution in [0.2, 0.25) is 0 Å². The van der Waals surface area contributed by atoms with Crippen LogP contribution in [-0.4, -0.2) is 68.0 Å². The molecule has 10 heteroatoms. The molecule has 7 nitrogen and oxygen atoms in total. The van der Waals surface area contributed by atoms with Crippen molar-refractivity contribution in [3.8, 4) is 5.75 Å². The summed E-state index contributed by atoms with van der Waals surface area (Å²) in [5.41, 5.74) is -0.100. The number of hydrogen-bond acceptors (Lipinski definition) is 5. The number of benzene rings is 2. The first kappa shape index (κ1) is 23.6. The lowest BCUT2D eigenvalue weighted by atomic mass is 10.2. The average molecular weight is 450 g/mol. The standard InChI is InChI=1S/C22H25F3N4O3/c1-32-19-8-3-2-7-18(19)27-21(31)15-29-11-9-28(10-12-29)14-20(30)26-17-6-4-5-16(13-17)22(23,24)25/h2-8,13H,9-12,14-15H2,1H3,(H,26,30)(H,27,31). The van der Waals surface area contributed by atoms with Crippen molar-refractivity contribution < 1.29 is 27.5 Å². The molecule has 0 radical (unpaired) electrons. The molecule has 0 saturated carbocycles. The Bertz CT molecular complexity index is 944. The lowest BCUT2D eigenvalue weighted by Gasteiger charge is -2.33. The van der Waals surface area contributed by atoms with Crippen LogP contribution in [0.1, 0.15) is 5.56 Å². The van der Waals surface area contributed by atoms with E-state index in [9.17, 15) is 22.8 Å². The molecule has 1 fully saturated rings. The number of hydrogen-bond donors (Lipinski definition) is 2. The number of para-hydroxylation sites is 2. The smallest absolute Gasteiger partial charge is 0.416 e. The zero-order valence-electron chi connectivity index (χ0n) is 17.6. The Morgan fingerprint density at radius 3 is 2.09 bits per heavy atom. The van der Waals surface area contributed by atoms with Crippen LogP contribution in [0.25, 0.3) is 0 Å². The summed E-state index contributed by atoms with van der Waals surface area (Å²) in [4.78, 5) is 28.5. The van der Waals surface area contributed by atoms with Crippen LogP contribution in [0.4, 0.5) is 24.5 Å². The molecule has 2 N–H and O–H groups in total. The van der Waals surface area contributed by atoms with Crippen molar-refractivity contribution >= 4 is 23.2 Å². The molecule has 2 aromatic rings. The fourth-order valence-corrected chi connectivity index (χ4v) is 3.42. The van der Waals surface area contributed by atoms with Gasteiger partial charge in [-0.05, 0) is 30.3 Å². The van der Waals surface area contributed by atoms with E-state index in [-0.39, 0.29) is 30.6 Å². The Kier molecular flexibility index (Phi) is 7.70. The largest absolute Gasteiger partial charge is 0.495 e. The average Bonchev–Trinajstić information content (AvgIpc) is 2.75. The Hall–Kier alpha value is -3.11. The first-order valence-corrected chi connectivity index (χ1v) is 10.1. The Morgan fingerprint density at radius 2 is 1.50 bits per heavy atom. The van der Waals surface area contributed by atoms with Gasteiger partial charge in [0.2, 0.25) is 11.8 Å². The molecule has 172 valence electrons. The molecular weight excluding hydrogens is 425 g/mol. The fraction of sp³-hybridized carbons (Fsp3) is 0.364. The van der Waals surface area contributed by atoms with Crippen molar-refractivity contribution in [2.75, 3.05) is 57.0 Å². The molecule has 2 aromatic carbocycles. The summed E-state index contributed by atoms with van der Waals surface area (Å²) in [5, 5.41) is 5.34. The van der Waals surface area contributed by atoms with Crippen molar-refractivity contribution in [3.05, 3.63) is 54.1 Å². The number of piperazine rings is 1. The number of nitrogens with zero attached hydrogens (tertiary/aromatic N) is 2. The predicted octanol–water partition coefficient (Wildman–Crippen LogP) is 2.91. The van der Waals surface area contributed by atoms with E-state index in [1.165, 1.54) is 19.2 Å². The third-order valence-electron chi connectivity index (χ3n) is 5.05. The van der Waals surface area contributed by atoms with Gasteiger partial charge < -0.3 is 15.4 Å². The second kappa shape index (κ2) is 10.5. The molecule has 0 bridgehead atoms. The molecule has 0 spiro atoms. The van der Waals surface area contributed by atoms with Crippen LogP contribution in [0.3, 0.4) is 0 Å².